The number of hydrogen-bond acceptors (Lipinski definition) is 8. The molecule has 3 aromatic rings. The van der Waals surface area contributed by atoms with Crippen LogP contribution in [0.1, 0.15) is 74.6 Å². The van der Waals surface area contributed by atoms with Crippen molar-refractivity contribution in [1.29, 1.82) is 0 Å². The summed E-state index contributed by atoms with van der Waals surface area (Å²) >= 11 is 0. The topological polar surface area (TPSA) is 123 Å². The van der Waals surface area contributed by atoms with Crippen LogP contribution < -0.4 is 4.74 Å². The predicted octanol–water partition coefficient (Wildman–Crippen LogP) is 3.98. The molecular formula is C35H33N3O6. The fourth-order valence-electron chi connectivity index (χ4n) is 9.19. The van der Waals surface area contributed by atoms with Crippen LogP contribution in [0.2, 0.25) is 0 Å². The zero-order valence-electron chi connectivity index (χ0n) is 24.1. The minimum atomic E-state index is -1.22. The van der Waals surface area contributed by atoms with E-state index in [1.165, 1.54) is 17.7 Å². The van der Waals surface area contributed by atoms with Crippen molar-refractivity contribution in [2.45, 2.75) is 67.7 Å². The number of amides is 2. The van der Waals surface area contributed by atoms with Crippen molar-refractivity contribution >= 4 is 17.5 Å². The van der Waals surface area contributed by atoms with Crippen molar-refractivity contribution < 1.29 is 29.7 Å². The van der Waals surface area contributed by atoms with Crippen LogP contribution in [-0.2, 0) is 18.4 Å². The number of phenols is 1. The summed E-state index contributed by atoms with van der Waals surface area (Å²) < 4.78 is 6.69. The number of imide groups is 1. The lowest BCUT2D eigenvalue weighted by atomic mass is 9.46. The molecule has 6 aliphatic rings. The monoisotopic (exact) mass is 591 g/mol. The molecule has 3 heterocycles. The maximum Gasteiger partial charge on any atom is 0.261 e. The standard InChI is InChI=1S/C35H33N3O6/c39-26-12-11-22-15-27-35(42)16-25(36-43)28(31-34(35,29(22)30(26)44-31)13-14-37(27)17-19-5-6-19)21-9-7-20(8-10-21)18-38-32(40)23-3-1-2-4-24(23)33(38)41/h1-4,7-12,19,27-28,31,39,42-43H,5-6,13-18H2/t27-,28?,31+,34+,35-/m1/s1. The van der Waals surface area contributed by atoms with Crippen LogP contribution in [0.25, 0.3) is 0 Å². The SMILES string of the molecule is O=C1c2ccccc2C(=O)N1Cc1ccc(C2C(=NO)C[C@@]3(O)[C@H]4Cc5ccc(O)c6c5[C@@]3(CCN4CC3CC3)[C@H]2O6)cc1. The molecule has 2 amide bonds. The van der Waals surface area contributed by atoms with Gasteiger partial charge in [-0.25, -0.2) is 0 Å². The van der Waals surface area contributed by atoms with Gasteiger partial charge in [-0.05, 0) is 73.0 Å². The minimum absolute atomic E-state index is 0.0614. The first-order valence-electron chi connectivity index (χ1n) is 15.6. The first-order valence-corrected chi connectivity index (χ1v) is 15.6. The number of aliphatic hydroxyl groups is 1. The summed E-state index contributed by atoms with van der Waals surface area (Å²) in [5.74, 6) is 0.0891. The van der Waals surface area contributed by atoms with Crippen LogP contribution in [0.4, 0.5) is 0 Å². The van der Waals surface area contributed by atoms with E-state index in [0.29, 0.717) is 41.3 Å². The van der Waals surface area contributed by atoms with Gasteiger partial charge in [0.25, 0.3) is 11.8 Å². The zero-order chi connectivity index (χ0) is 30.0. The summed E-state index contributed by atoms with van der Waals surface area (Å²) in [6.07, 6.45) is 3.39. The van der Waals surface area contributed by atoms with Crippen LogP contribution in [0.5, 0.6) is 11.5 Å². The van der Waals surface area contributed by atoms with Gasteiger partial charge >= 0.3 is 0 Å². The molecule has 2 bridgehead atoms. The molecule has 9 rings (SSSR count). The third-order valence-corrected chi connectivity index (χ3v) is 11.4. The summed E-state index contributed by atoms with van der Waals surface area (Å²) in [6, 6.07) is 18.0. The Morgan fingerprint density at radius 1 is 0.977 bits per heavy atom. The number of fused-ring (bicyclic) bond motifs is 1. The summed E-state index contributed by atoms with van der Waals surface area (Å²) in [7, 11) is 0. The van der Waals surface area contributed by atoms with E-state index in [-0.39, 0.29) is 36.6 Å². The van der Waals surface area contributed by atoms with Gasteiger partial charge in [-0.1, -0.05) is 47.6 Å². The van der Waals surface area contributed by atoms with Crippen molar-refractivity contribution in [3.63, 3.8) is 0 Å². The molecule has 1 saturated heterocycles. The maximum absolute atomic E-state index is 12.9. The fourth-order valence-corrected chi connectivity index (χ4v) is 9.19. The number of rotatable bonds is 5. The van der Waals surface area contributed by atoms with Gasteiger partial charge in [0.2, 0.25) is 0 Å². The molecule has 2 saturated carbocycles. The van der Waals surface area contributed by atoms with Gasteiger partial charge in [0.1, 0.15) is 6.10 Å². The van der Waals surface area contributed by atoms with Crippen molar-refractivity contribution in [3.8, 4) is 11.5 Å². The Hall–Kier alpha value is -4.21. The van der Waals surface area contributed by atoms with Crippen LogP contribution in [-0.4, -0.2) is 73.6 Å². The lowest BCUT2D eigenvalue weighted by Gasteiger charge is -2.64. The lowest BCUT2D eigenvalue weighted by molar-refractivity contribution is -0.170. The Morgan fingerprint density at radius 2 is 1.70 bits per heavy atom. The Morgan fingerprint density at radius 3 is 2.39 bits per heavy atom. The molecule has 224 valence electrons. The molecule has 0 radical (unpaired) electrons. The molecule has 9 heteroatoms. The fraction of sp³-hybridized carbons (Fsp3) is 0.400. The molecule has 5 atom stereocenters. The Balaban J connectivity index is 1.09. The third kappa shape index (κ3) is 3.28. The second-order valence-corrected chi connectivity index (χ2v) is 13.5. The molecule has 3 N–H and O–H groups in total. The molecule has 1 unspecified atom stereocenters. The predicted molar refractivity (Wildman–Crippen MR) is 159 cm³/mol. The maximum atomic E-state index is 12.9. The van der Waals surface area contributed by atoms with E-state index in [1.54, 1.807) is 30.3 Å². The normalized spacial score (nSPS) is 32.5. The van der Waals surface area contributed by atoms with E-state index in [9.17, 15) is 25.0 Å². The molecule has 0 aromatic heterocycles. The van der Waals surface area contributed by atoms with Crippen molar-refractivity contribution in [2.75, 3.05) is 13.1 Å². The van der Waals surface area contributed by atoms with Crippen molar-refractivity contribution in [2.24, 2.45) is 11.1 Å². The highest BCUT2D eigenvalue weighted by molar-refractivity contribution is 6.21. The molecule has 3 aromatic carbocycles. The highest BCUT2D eigenvalue weighted by atomic mass is 16.5. The summed E-state index contributed by atoms with van der Waals surface area (Å²) in [6.45, 7) is 1.93. The highest BCUT2D eigenvalue weighted by Crippen LogP contribution is 2.67. The van der Waals surface area contributed by atoms with Crippen LogP contribution in [0.3, 0.4) is 0 Å². The second-order valence-electron chi connectivity index (χ2n) is 13.5. The van der Waals surface area contributed by atoms with Gasteiger partial charge in [0.15, 0.2) is 11.5 Å². The molecule has 1 spiro atoms. The number of phenolic OH excluding ortho intramolecular Hbond substituents is 1. The number of piperidine rings is 1. The third-order valence-electron chi connectivity index (χ3n) is 11.4. The van der Waals surface area contributed by atoms with Crippen molar-refractivity contribution in [1.82, 2.24) is 9.80 Å². The summed E-state index contributed by atoms with van der Waals surface area (Å²) in [5, 5.41) is 38.0. The molecule has 9 nitrogen and oxygen atoms in total. The molecule has 44 heavy (non-hydrogen) atoms. The average Bonchev–Trinajstić information content (AvgIpc) is 3.74. The van der Waals surface area contributed by atoms with E-state index in [4.69, 9.17) is 4.74 Å². The Kier molecular flexibility index (Phi) is 5.32. The van der Waals surface area contributed by atoms with Gasteiger partial charge in [0.05, 0.1) is 40.3 Å². The van der Waals surface area contributed by atoms with E-state index in [2.05, 4.69) is 10.1 Å². The Bertz CT molecular complexity index is 1750. The molecule has 3 aliphatic carbocycles. The number of ether oxygens (including phenoxy) is 1. The van der Waals surface area contributed by atoms with Gasteiger partial charge in [-0.3, -0.25) is 19.4 Å². The number of hydrogen-bond donors (Lipinski definition) is 3. The average molecular weight is 592 g/mol. The Labute approximate surface area is 254 Å². The van der Waals surface area contributed by atoms with Crippen LogP contribution in [0, 0.1) is 5.92 Å². The quantitative estimate of drug-likeness (QED) is 0.233. The number of likely N-dealkylation sites (tertiary alicyclic amines) is 1. The minimum Gasteiger partial charge on any atom is -0.504 e. The summed E-state index contributed by atoms with van der Waals surface area (Å²) in [4.78, 5) is 29.6. The van der Waals surface area contributed by atoms with Crippen LogP contribution >= 0.6 is 0 Å². The van der Waals surface area contributed by atoms with E-state index < -0.39 is 23.0 Å². The number of nitrogens with zero attached hydrogens (tertiary/aromatic N) is 3. The highest BCUT2D eigenvalue weighted by Gasteiger charge is 2.74. The van der Waals surface area contributed by atoms with Gasteiger partial charge in [0, 0.05) is 24.6 Å². The zero-order valence-corrected chi connectivity index (χ0v) is 24.1. The number of aromatic hydroxyl groups is 1. The van der Waals surface area contributed by atoms with Crippen molar-refractivity contribution in [3.05, 3.63) is 94.0 Å². The first-order chi connectivity index (χ1) is 21.3. The second kappa shape index (κ2) is 8.92. The number of carbonyl (C=O) groups is 2. The lowest BCUT2D eigenvalue weighted by Crippen LogP contribution is -2.77. The van der Waals surface area contributed by atoms with Gasteiger partial charge < -0.3 is 20.2 Å². The largest absolute Gasteiger partial charge is 0.504 e. The van der Waals surface area contributed by atoms with Crippen LogP contribution in [0.15, 0.2) is 65.8 Å². The van der Waals surface area contributed by atoms with E-state index in [1.807, 2.05) is 30.3 Å². The van der Waals surface area contributed by atoms with Gasteiger partial charge in [-0.2, -0.15) is 0 Å². The summed E-state index contributed by atoms with van der Waals surface area (Å²) in [5.41, 5.74) is 2.96. The molecule has 3 fully saturated rings. The van der Waals surface area contributed by atoms with E-state index >= 15 is 0 Å². The smallest absolute Gasteiger partial charge is 0.261 e. The number of oxime groups is 1. The molecule has 3 aliphatic heterocycles. The van der Waals surface area contributed by atoms with E-state index in [0.717, 1.165) is 35.3 Å². The first kappa shape index (κ1) is 26.2. The number of benzene rings is 3. The number of carbonyl (C=O) groups excluding carboxylic acids is 2. The van der Waals surface area contributed by atoms with Gasteiger partial charge in [-0.15, -0.1) is 0 Å². The molecular weight excluding hydrogens is 558 g/mol.